The number of amides is 2. The number of carbonyl (C=O) groups is 3. The van der Waals surface area contributed by atoms with Crippen LogP contribution in [0.4, 0.5) is 5.69 Å². The van der Waals surface area contributed by atoms with Crippen molar-refractivity contribution in [2.75, 3.05) is 31.4 Å². The van der Waals surface area contributed by atoms with E-state index in [-0.39, 0.29) is 23.8 Å². The predicted molar refractivity (Wildman–Crippen MR) is 117 cm³/mol. The fourth-order valence-corrected chi connectivity index (χ4v) is 4.31. The lowest BCUT2D eigenvalue weighted by Crippen LogP contribution is -2.40. The van der Waals surface area contributed by atoms with Gasteiger partial charge in [0.1, 0.15) is 11.4 Å². The molecule has 8 nitrogen and oxygen atoms in total. The Balaban J connectivity index is 1.73. The molecule has 0 atom stereocenters. The summed E-state index contributed by atoms with van der Waals surface area (Å²) in [6, 6.07) is 6.13. The maximum Gasteiger partial charge on any atom is 0.353 e. The number of benzene rings is 1. The van der Waals surface area contributed by atoms with Gasteiger partial charge in [-0.15, -0.1) is 0 Å². The Morgan fingerprint density at radius 3 is 2.57 bits per heavy atom. The van der Waals surface area contributed by atoms with Crippen LogP contribution in [0.1, 0.15) is 28.8 Å². The normalized spacial score (nSPS) is 16.3. The molecule has 0 radical (unpaired) electrons. The maximum atomic E-state index is 12.9. The number of ether oxygens (including phenoxy) is 1. The minimum atomic E-state index is -0.756. The number of hydrogen-bond acceptors (Lipinski definition) is 7. The summed E-state index contributed by atoms with van der Waals surface area (Å²) in [5.74, 6) is -1.71. The summed E-state index contributed by atoms with van der Waals surface area (Å²) in [6.45, 7) is 9.26. The van der Waals surface area contributed by atoms with E-state index >= 15 is 0 Å². The summed E-state index contributed by atoms with van der Waals surface area (Å²) in [4.78, 5) is 40.5. The van der Waals surface area contributed by atoms with Crippen molar-refractivity contribution in [3.05, 3.63) is 53.9 Å². The van der Waals surface area contributed by atoms with Crippen LogP contribution < -0.4 is 14.9 Å². The second-order valence-corrected chi connectivity index (χ2v) is 7.79. The third-order valence-electron chi connectivity index (χ3n) is 5.35. The third kappa shape index (κ3) is 4.36. The largest absolute Gasteiger partial charge is 0.464 e. The molecular formula is C21H26N4O4S. The molecule has 0 aliphatic carbocycles. The van der Waals surface area contributed by atoms with Crippen molar-refractivity contribution in [2.45, 2.75) is 25.4 Å². The number of piperidine rings is 1. The van der Waals surface area contributed by atoms with Crippen LogP contribution in [0.2, 0.25) is 0 Å². The van der Waals surface area contributed by atoms with Gasteiger partial charge in [0, 0.05) is 35.9 Å². The summed E-state index contributed by atoms with van der Waals surface area (Å²) in [7, 11) is 1.19. The van der Waals surface area contributed by atoms with E-state index in [1.165, 1.54) is 12.0 Å². The van der Waals surface area contributed by atoms with Gasteiger partial charge in [0.2, 0.25) is 0 Å². The number of fused-ring (bicyclic) bond motifs is 1. The molecule has 0 unspecified atom stereocenters. The molecule has 0 bridgehead atoms. The van der Waals surface area contributed by atoms with Crippen LogP contribution in [-0.2, 0) is 20.9 Å². The standard InChI is InChI=1S/C21H26N4O4S/c1-13(21(28)29-3)22-19(26)14(2)25-12-17-16(20(25)27)6-5-7-18(17)24-10-8-15(9-11-24)23-30-4/h5-7,15,23H,1-2,8-12H2,3-4H3,(H,22,26). The summed E-state index contributed by atoms with van der Waals surface area (Å²) < 4.78 is 7.93. The number of rotatable bonds is 7. The molecule has 0 aromatic heterocycles. The van der Waals surface area contributed by atoms with Crippen LogP contribution >= 0.6 is 11.9 Å². The van der Waals surface area contributed by atoms with Crippen molar-refractivity contribution in [1.29, 1.82) is 0 Å². The first-order chi connectivity index (χ1) is 14.4. The number of esters is 1. The Morgan fingerprint density at radius 2 is 1.93 bits per heavy atom. The summed E-state index contributed by atoms with van der Waals surface area (Å²) in [5, 5.41) is 2.33. The predicted octanol–water partition coefficient (Wildman–Crippen LogP) is 1.80. The van der Waals surface area contributed by atoms with Gasteiger partial charge >= 0.3 is 5.97 Å². The number of nitrogens with zero attached hydrogens (tertiary/aromatic N) is 2. The van der Waals surface area contributed by atoms with E-state index in [1.807, 2.05) is 18.4 Å². The van der Waals surface area contributed by atoms with Crippen molar-refractivity contribution >= 4 is 35.4 Å². The molecule has 1 saturated heterocycles. The zero-order valence-electron chi connectivity index (χ0n) is 17.2. The monoisotopic (exact) mass is 430 g/mol. The van der Waals surface area contributed by atoms with E-state index in [4.69, 9.17) is 0 Å². The molecule has 0 spiro atoms. The molecule has 2 aliphatic heterocycles. The number of hydrogen-bond donors (Lipinski definition) is 2. The van der Waals surface area contributed by atoms with Gasteiger partial charge in [-0.1, -0.05) is 31.2 Å². The van der Waals surface area contributed by atoms with Crippen molar-refractivity contribution in [3.8, 4) is 0 Å². The van der Waals surface area contributed by atoms with Gasteiger partial charge < -0.3 is 15.0 Å². The minimum Gasteiger partial charge on any atom is -0.464 e. The van der Waals surface area contributed by atoms with Gasteiger partial charge in [-0.3, -0.25) is 19.2 Å². The molecule has 30 heavy (non-hydrogen) atoms. The van der Waals surface area contributed by atoms with Crippen LogP contribution in [0.5, 0.6) is 0 Å². The Labute approximate surface area is 180 Å². The van der Waals surface area contributed by atoms with Crippen molar-refractivity contribution in [3.63, 3.8) is 0 Å². The lowest BCUT2D eigenvalue weighted by molar-refractivity contribution is -0.137. The SMILES string of the molecule is C=C(NC(=O)C(=C)N1Cc2c(cccc2N2CCC(NSC)CC2)C1=O)C(=O)OC. The topological polar surface area (TPSA) is 91.0 Å². The molecule has 2 N–H and O–H groups in total. The third-order valence-corrected chi connectivity index (χ3v) is 5.92. The van der Waals surface area contributed by atoms with Gasteiger partial charge in [0.25, 0.3) is 11.8 Å². The molecule has 9 heteroatoms. The van der Waals surface area contributed by atoms with Gasteiger partial charge in [-0.2, -0.15) is 0 Å². The molecular weight excluding hydrogens is 404 g/mol. The number of methoxy groups -OCH3 is 1. The average molecular weight is 431 g/mol. The van der Waals surface area contributed by atoms with Crippen molar-refractivity contribution in [1.82, 2.24) is 14.9 Å². The van der Waals surface area contributed by atoms with Crippen LogP contribution in [0.3, 0.4) is 0 Å². The highest BCUT2D eigenvalue weighted by Gasteiger charge is 2.35. The van der Waals surface area contributed by atoms with Crippen LogP contribution in [0.25, 0.3) is 0 Å². The van der Waals surface area contributed by atoms with Gasteiger partial charge in [0.15, 0.2) is 0 Å². The molecule has 1 aromatic rings. The van der Waals surface area contributed by atoms with E-state index in [9.17, 15) is 14.4 Å². The van der Waals surface area contributed by atoms with Crippen molar-refractivity contribution in [2.24, 2.45) is 0 Å². The minimum absolute atomic E-state index is 0.0462. The van der Waals surface area contributed by atoms with Gasteiger partial charge in [0.05, 0.1) is 13.7 Å². The van der Waals surface area contributed by atoms with Gasteiger partial charge in [-0.05, 0) is 31.2 Å². The summed E-state index contributed by atoms with van der Waals surface area (Å²) >= 11 is 1.64. The highest BCUT2D eigenvalue weighted by Crippen LogP contribution is 2.34. The van der Waals surface area contributed by atoms with E-state index < -0.39 is 11.9 Å². The van der Waals surface area contributed by atoms with E-state index in [2.05, 4.69) is 32.8 Å². The second kappa shape index (κ2) is 9.36. The number of carbonyl (C=O) groups excluding carboxylic acids is 3. The van der Waals surface area contributed by atoms with Crippen molar-refractivity contribution < 1.29 is 19.1 Å². The van der Waals surface area contributed by atoms with E-state index in [1.54, 1.807) is 18.0 Å². The van der Waals surface area contributed by atoms with E-state index in [0.717, 1.165) is 37.2 Å². The van der Waals surface area contributed by atoms with Crippen LogP contribution in [-0.4, -0.2) is 55.2 Å². The molecule has 2 heterocycles. The smallest absolute Gasteiger partial charge is 0.353 e. The second-order valence-electron chi connectivity index (χ2n) is 7.15. The lowest BCUT2D eigenvalue weighted by Gasteiger charge is -2.34. The van der Waals surface area contributed by atoms with Crippen LogP contribution in [0, 0.1) is 0 Å². The first-order valence-corrected chi connectivity index (χ1v) is 10.8. The Morgan fingerprint density at radius 1 is 1.23 bits per heavy atom. The average Bonchev–Trinajstić information content (AvgIpc) is 3.10. The fraction of sp³-hybridized carbons (Fsp3) is 0.381. The Hall–Kier alpha value is -2.78. The fourth-order valence-electron chi connectivity index (χ4n) is 3.74. The zero-order valence-corrected chi connectivity index (χ0v) is 18.0. The van der Waals surface area contributed by atoms with Gasteiger partial charge in [-0.25, -0.2) is 4.79 Å². The molecule has 160 valence electrons. The molecule has 1 fully saturated rings. The number of nitrogens with one attached hydrogen (secondary N) is 2. The van der Waals surface area contributed by atoms with E-state index in [0.29, 0.717) is 11.6 Å². The molecule has 3 rings (SSSR count). The first kappa shape index (κ1) is 21.9. The first-order valence-electron chi connectivity index (χ1n) is 9.62. The Bertz CT molecular complexity index is 893. The molecule has 0 saturated carbocycles. The lowest BCUT2D eigenvalue weighted by atomic mass is 10.0. The molecule has 2 aliphatic rings. The highest BCUT2D eigenvalue weighted by molar-refractivity contribution is 7.96. The summed E-state index contributed by atoms with van der Waals surface area (Å²) in [6.07, 6.45) is 4.07. The highest BCUT2D eigenvalue weighted by atomic mass is 32.2. The van der Waals surface area contributed by atoms with Crippen LogP contribution in [0.15, 0.2) is 42.8 Å². The maximum absolute atomic E-state index is 12.9. The quantitative estimate of drug-likeness (QED) is 0.387. The zero-order chi connectivity index (χ0) is 21.8. The Kier molecular flexibility index (Phi) is 6.84. The molecule has 2 amide bonds. The number of anilines is 1. The molecule has 1 aromatic carbocycles. The summed E-state index contributed by atoms with van der Waals surface area (Å²) in [5.41, 5.74) is 2.21.